The summed E-state index contributed by atoms with van der Waals surface area (Å²) in [4.78, 5) is 2.41. The first kappa shape index (κ1) is 9.95. The maximum atomic E-state index is 2.41. The van der Waals surface area contributed by atoms with E-state index < -0.39 is 0 Å². The van der Waals surface area contributed by atoms with Crippen molar-refractivity contribution in [3.63, 3.8) is 0 Å². The third kappa shape index (κ3) is 1.16. The average Bonchev–Trinajstić information content (AvgIpc) is 2.73. The van der Waals surface area contributed by atoms with E-state index in [0.717, 1.165) is 6.42 Å². The number of allylic oxidation sites excluding steroid dienone is 2. The van der Waals surface area contributed by atoms with Crippen molar-refractivity contribution >= 4 is 22.0 Å². The monoisotopic (exact) mass is 233 g/mol. The Morgan fingerprint density at radius 3 is 2.94 bits per heavy atom. The minimum absolute atomic E-state index is 0.524. The van der Waals surface area contributed by atoms with Crippen LogP contribution in [0.5, 0.6) is 0 Å². The fourth-order valence-electron chi connectivity index (χ4n) is 3.26. The fraction of sp³-hybridized carbons (Fsp3) is 0.176. The van der Waals surface area contributed by atoms with Gasteiger partial charge in [-0.15, -0.1) is 0 Å². The molecule has 0 spiro atoms. The summed E-state index contributed by atoms with van der Waals surface area (Å²) >= 11 is 0. The van der Waals surface area contributed by atoms with Gasteiger partial charge in [0.25, 0.3) is 0 Å². The molecule has 2 aliphatic rings. The van der Waals surface area contributed by atoms with E-state index in [4.69, 9.17) is 0 Å². The van der Waals surface area contributed by atoms with Gasteiger partial charge in [-0.3, -0.25) is 0 Å². The van der Waals surface area contributed by atoms with E-state index in [1.165, 1.54) is 27.6 Å². The number of benzene rings is 2. The Kier molecular flexibility index (Phi) is 1.93. The molecule has 0 fully saturated rings. The SMILES string of the molecule is CN1c2ccc3ccccc3c2C2=CC=CCC21. The van der Waals surface area contributed by atoms with Crippen LogP contribution in [0.4, 0.5) is 5.69 Å². The summed E-state index contributed by atoms with van der Waals surface area (Å²) in [5.74, 6) is 0. The summed E-state index contributed by atoms with van der Waals surface area (Å²) in [6, 6.07) is 13.7. The second kappa shape index (κ2) is 3.49. The summed E-state index contributed by atoms with van der Waals surface area (Å²) in [5.41, 5.74) is 4.28. The lowest BCUT2D eigenvalue weighted by Gasteiger charge is -2.23. The zero-order valence-electron chi connectivity index (χ0n) is 10.4. The molecule has 1 aliphatic carbocycles. The molecule has 0 amide bonds. The summed E-state index contributed by atoms with van der Waals surface area (Å²) < 4.78 is 0. The highest BCUT2D eigenvalue weighted by molar-refractivity contribution is 6.04. The molecule has 1 heteroatoms. The van der Waals surface area contributed by atoms with Crippen LogP contribution in [0.2, 0.25) is 0 Å². The van der Waals surface area contributed by atoms with Gasteiger partial charge in [-0.2, -0.15) is 0 Å². The summed E-state index contributed by atoms with van der Waals surface area (Å²) in [6.45, 7) is 0. The van der Waals surface area contributed by atoms with E-state index in [0.29, 0.717) is 6.04 Å². The molecule has 0 saturated carbocycles. The van der Waals surface area contributed by atoms with E-state index in [1.807, 2.05) is 0 Å². The number of anilines is 1. The van der Waals surface area contributed by atoms with E-state index in [9.17, 15) is 0 Å². The molecule has 88 valence electrons. The molecule has 0 bridgehead atoms. The van der Waals surface area contributed by atoms with Crippen molar-refractivity contribution in [2.45, 2.75) is 12.5 Å². The van der Waals surface area contributed by atoms with Crippen LogP contribution in [-0.4, -0.2) is 13.1 Å². The smallest absolute Gasteiger partial charge is 0.0580 e. The predicted octanol–water partition coefficient (Wildman–Crippen LogP) is 4.00. The Labute approximate surface area is 107 Å². The molecule has 0 radical (unpaired) electrons. The van der Waals surface area contributed by atoms with Gasteiger partial charge in [0, 0.05) is 18.3 Å². The van der Waals surface area contributed by atoms with Crippen LogP contribution >= 0.6 is 0 Å². The standard InChI is InChI=1S/C17H15N/c1-18-15-9-5-4-8-14(15)17-13-7-3-2-6-12(13)10-11-16(17)18/h2-8,10-11,15H,9H2,1H3. The molecule has 1 atom stereocenters. The fourth-order valence-corrected chi connectivity index (χ4v) is 3.26. The van der Waals surface area contributed by atoms with Gasteiger partial charge >= 0.3 is 0 Å². The number of hydrogen-bond acceptors (Lipinski definition) is 1. The second-order valence-electron chi connectivity index (χ2n) is 5.09. The van der Waals surface area contributed by atoms with Crippen molar-refractivity contribution in [2.75, 3.05) is 11.9 Å². The first-order valence-electron chi connectivity index (χ1n) is 6.48. The Balaban J connectivity index is 2.10. The van der Waals surface area contributed by atoms with Crippen LogP contribution in [0.3, 0.4) is 0 Å². The normalized spacial score (nSPS) is 20.8. The molecule has 1 heterocycles. The lowest BCUT2D eigenvalue weighted by Crippen LogP contribution is -2.27. The zero-order valence-corrected chi connectivity index (χ0v) is 10.4. The molecule has 1 aliphatic heterocycles. The van der Waals surface area contributed by atoms with Crippen molar-refractivity contribution in [2.24, 2.45) is 0 Å². The zero-order chi connectivity index (χ0) is 12.1. The molecule has 0 aromatic heterocycles. The molecular formula is C17H15N. The summed E-state index contributed by atoms with van der Waals surface area (Å²) in [7, 11) is 2.21. The number of nitrogens with zero attached hydrogens (tertiary/aromatic N) is 1. The van der Waals surface area contributed by atoms with E-state index in [-0.39, 0.29) is 0 Å². The lowest BCUT2D eigenvalue weighted by molar-refractivity contribution is 0.797. The third-order valence-corrected chi connectivity index (χ3v) is 4.17. The number of likely N-dealkylation sites (N-methyl/N-ethyl adjacent to an activating group) is 1. The maximum absolute atomic E-state index is 2.41. The number of fused-ring (bicyclic) bond motifs is 5. The van der Waals surface area contributed by atoms with Crippen LogP contribution in [0, 0.1) is 0 Å². The first-order chi connectivity index (χ1) is 8.86. The van der Waals surface area contributed by atoms with Gasteiger partial charge in [-0.25, -0.2) is 0 Å². The van der Waals surface area contributed by atoms with Crippen molar-refractivity contribution in [3.8, 4) is 0 Å². The molecule has 0 saturated heterocycles. The highest BCUT2D eigenvalue weighted by atomic mass is 15.2. The molecule has 2 aromatic rings. The molecule has 0 N–H and O–H groups in total. The highest BCUT2D eigenvalue weighted by Gasteiger charge is 2.32. The van der Waals surface area contributed by atoms with Gasteiger partial charge in [0.2, 0.25) is 0 Å². The molecular weight excluding hydrogens is 218 g/mol. The first-order valence-corrected chi connectivity index (χ1v) is 6.48. The van der Waals surface area contributed by atoms with Crippen molar-refractivity contribution in [1.29, 1.82) is 0 Å². The minimum atomic E-state index is 0.524. The van der Waals surface area contributed by atoms with Gasteiger partial charge in [0.05, 0.1) is 6.04 Å². The van der Waals surface area contributed by atoms with Gasteiger partial charge in [0.15, 0.2) is 0 Å². The largest absolute Gasteiger partial charge is 0.367 e. The molecule has 1 nitrogen and oxygen atoms in total. The Morgan fingerprint density at radius 1 is 1.11 bits per heavy atom. The quantitative estimate of drug-likeness (QED) is 0.664. The predicted molar refractivity (Wildman–Crippen MR) is 77.9 cm³/mol. The average molecular weight is 233 g/mol. The van der Waals surface area contributed by atoms with E-state index in [1.54, 1.807) is 0 Å². The summed E-state index contributed by atoms with van der Waals surface area (Å²) in [5, 5.41) is 2.71. The van der Waals surface area contributed by atoms with E-state index >= 15 is 0 Å². The minimum Gasteiger partial charge on any atom is -0.367 e. The molecule has 4 rings (SSSR count). The topological polar surface area (TPSA) is 3.24 Å². The maximum Gasteiger partial charge on any atom is 0.0580 e. The van der Waals surface area contributed by atoms with E-state index in [2.05, 4.69) is 66.6 Å². The molecule has 1 unspecified atom stereocenters. The van der Waals surface area contributed by atoms with Crippen LogP contribution < -0.4 is 4.90 Å². The highest BCUT2D eigenvalue weighted by Crippen LogP contribution is 2.45. The van der Waals surface area contributed by atoms with Gasteiger partial charge < -0.3 is 4.90 Å². The Hall–Kier alpha value is -2.02. The Morgan fingerprint density at radius 2 is 2.00 bits per heavy atom. The van der Waals surface area contributed by atoms with Gasteiger partial charge in [-0.1, -0.05) is 48.6 Å². The van der Waals surface area contributed by atoms with Crippen LogP contribution in [0.15, 0.2) is 54.6 Å². The van der Waals surface area contributed by atoms with Crippen molar-refractivity contribution in [1.82, 2.24) is 0 Å². The van der Waals surface area contributed by atoms with Gasteiger partial charge in [0.1, 0.15) is 0 Å². The third-order valence-electron chi connectivity index (χ3n) is 4.17. The van der Waals surface area contributed by atoms with Gasteiger partial charge in [-0.05, 0) is 28.8 Å². The van der Waals surface area contributed by atoms with Crippen LogP contribution in [-0.2, 0) is 0 Å². The lowest BCUT2D eigenvalue weighted by atomic mass is 9.92. The molecule has 18 heavy (non-hydrogen) atoms. The van der Waals surface area contributed by atoms with Crippen molar-refractivity contribution in [3.05, 3.63) is 60.2 Å². The van der Waals surface area contributed by atoms with Crippen molar-refractivity contribution < 1.29 is 0 Å². The second-order valence-corrected chi connectivity index (χ2v) is 5.09. The van der Waals surface area contributed by atoms with Crippen LogP contribution in [0.25, 0.3) is 16.3 Å². The molecule has 2 aromatic carbocycles. The number of rotatable bonds is 0. The summed E-state index contributed by atoms with van der Waals surface area (Å²) in [6.07, 6.45) is 7.85. The van der Waals surface area contributed by atoms with Crippen LogP contribution in [0.1, 0.15) is 12.0 Å². The number of hydrogen-bond donors (Lipinski definition) is 0. The Bertz CT molecular complexity index is 694.